The number of hydrogen-bond donors (Lipinski definition) is 0. The molecule has 0 saturated heterocycles. The molecule has 0 saturated carbocycles. The van der Waals surface area contributed by atoms with Crippen LogP contribution < -0.4 is 0 Å². The van der Waals surface area contributed by atoms with E-state index in [-0.39, 0.29) is 16.2 Å². The maximum absolute atomic E-state index is 14.1. The first-order valence-corrected chi connectivity index (χ1v) is 9.10. The molecule has 0 radical (unpaired) electrons. The molecule has 0 atom stereocenters. The van der Waals surface area contributed by atoms with Crippen LogP contribution in [0.5, 0.6) is 0 Å². The van der Waals surface area contributed by atoms with Gasteiger partial charge in [-0.3, -0.25) is 0 Å². The van der Waals surface area contributed by atoms with Crippen molar-refractivity contribution in [2.24, 2.45) is 0 Å². The molecule has 0 N–H and O–H groups in total. The summed E-state index contributed by atoms with van der Waals surface area (Å²) in [5, 5.41) is 3.91. The van der Waals surface area contributed by atoms with E-state index in [4.69, 9.17) is 0 Å². The molecule has 0 aliphatic rings. The molecule has 7 nitrogen and oxygen atoms in total. The monoisotopic (exact) mass is 387 g/mol. The van der Waals surface area contributed by atoms with Crippen LogP contribution in [0.15, 0.2) is 72.4 Å². The molecule has 0 unspecified atom stereocenters. The first-order chi connectivity index (χ1) is 13.0. The molecular weight excluding hydrogens is 376 g/mol. The number of hydrogen-bond acceptors (Lipinski definition) is 5. The largest absolute Gasteiger partial charge is 0.269 e. The lowest BCUT2D eigenvalue weighted by molar-refractivity contribution is 0.586. The minimum atomic E-state index is -4.07. The van der Waals surface area contributed by atoms with Crippen molar-refractivity contribution in [2.75, 3.05) is 0 Å². The van der Waals surface area contributed by atoms with E-state index in [1.54, 1.807) is 0 Å². The molecule has 4 aromatic rings. The third kappa shape index (κ3) is 2.99. The van der Waals surface area contributed by atoms with Gasteiger partial charge in [-0.15, -0.1) is 0 Å². The van der Waals surface area contributed by atoms with Gasteiger partial charge in [0.1, 0.15) is 29.2 Å². The number of nitrogens with zero attached hydrogens (tertiary/aromatic N) is 5. The van der Waals surface area contributed by atoms with Gasteiger partial charge in [0.2, 0.25) is 0 Å². The van der Waals surface area contributed by atoms with Crippen LogP contribution in [0.3, 0.4) is 0 Å². The van der Waals surface area contributed by atoms with Crippen LogP contribution in [0.25, 0.3) is 17.1 Å². The molecule has 0 bridgehead atoms. The van der Waals surface area contributed by atoms with E-state index < -0.39 is 21.7 Å². The van der Waals surface area contributed by atoms with Crippen LogP contribution >= 0.6 is 0 Å². The van der Waals surface area contributed by atoms with Crippen LogP contribution in [0.1, 0.15) is 0 Å². The Morgan fingerprint density at radius 2 is 1.89 bits per heavy atom. The Hall–Kier alpha value is -3.40. The number of pyridine rings is 1. The topological polar surface area (TPSA) is 82.7 Å². The second kappa shape index (κ2) is 6.40. The van der Waals surface area contributed by atoms with Gasteiger partial charge < -0.3 is 0 Å². The quantitative estimate of drug-likeness (QED) is 0.538. The fourth-order valence-electron chi connectivity index (χ4n) is 2.58. The average molecular weight is 387 g/mol. The SMILES string of the molecule is O=S(=O)(c1ccc(-n2cncn2)nc1)n1cccc1-c1cc(F)ccc1F. The van der Waals surface area contributed by atoms with E-state index in [0.717, 1.165) is 28.4 Å². The Morgan fingerprint density at radius 1 is 1.04 bits per heavy atom. The van der Waals surface area contributed by atoms with Crippen molar-refractivity contribution in [1.29, 1.82) is 0 Å². The Balaban J connectivity index is 1.78. The van der Waals surface area contributed by atoms with Crippen molar-refractivity contribution in [3.8, 4) is 17.1 Å². The highest BCUT2D eigenvalue weighted by Crippen LogP contribution is 2.27. The van der Waals surface area contributed by atoms with Crippen molar-refractivity contribution in [3.63, 3.8) is 0 Å². The summed E-state index contributed by atoms with van der Waals surface area (Å²) in [4.78, 5) is 7.75. The van der Waals surface area contributed by atoms with Crippen molar-refractivity contribution >= 4 is 10.0 Å². The molecule has 0 amide bonds. The molecule has 1 aromatic carbocycles. The van der Waals surface area contributed by atoms with Gasteiger partial charge in [0.25, 0.3) is 10.0 Å². The lowest BCUT2D eigenvalue weighted by Crippen LogP contribution is -2.14. The first-order valence-electron chi connectivity index (χ1n) is 7.66. The minimum Gasteiger partial charge on any atom is -0.241 e. The summed E-state index contributed by atoms with van der Waals surface area (Å²) in [5.74, 6) is -1.02. The van der Waals surface area contributed by atoms with Gasteiger partial charge in [-0.05, 0) is 42.5 Å². The van der Waals surface area contributed by atoms with E-state index in [9.17, 15) is 17.2 Å². The number of rotatable bonds is 4. The second-order valence-corrected chi connectivity index (χ2v) is 7.33. The predicted molar refractivity (Wildman–Crippen MR) is 91.5 cm³/mol. The van der Waals surface area contributed by atoms with E-state index in [1.807, 2.05) is 0 Å². The fraction of sp³-hybridized carbons (Fsp3) is 0. The average Bonchev–Trinajstić information content (AvgIpc) is 3.36. The Kier molecular flexibility index (Phi) is 4.04. The normalized spacial score (nSPS) is 11.6. The molecule has 10 heteroatoms. The highest BCUT2D eigenvalue weighted by atomic mass is 32.2. The van der Waals surface area contributed by atoms with Gasteiger partial charge in [-0.2, -0.15) is 5.10 Å². The van der Waals surface area contributed by atoms with Gasteiger partial charge in [-0.1, -0.05) is 0 Å². The van der Waals surface area contributed by atoms with E-state index >= 15 is 0 Å². The smallest absolute Gasteiger partial charge is 0.241 e. The van der Waals surface area contributed by atoms with Crippen molar-refractivity contribution in [2.45, 2.75) is 4.90 Å². The number of halogens is 2. The molecule has 3 aromatic heterocycles. The molecule has 27 heavy (non-hydrogen) atoms. The van der Waals surface area contributed by atoms with Crippen LogP contribution in [0.2, 0.25) is 0 Å². The Bertz CT molecular complexity index is 1200. The lowest BCUT2D eigenvalue weighted by atomic mass is 10.1. The van der Waals surface area contributed by atoms with Crippen molar-refractivity contribution < 1.29 is 17.2 Å². The summed E-state index contributed by atoms with van der Waals surface area (Å²) in [6.07, 6.45) is 5.18. The molecule has 136 valence electrons. The zero-order chi connectivity index (χ0) is 19.0. The molecule has 3 heterocycles. The zero-order valence-corrected chi connectivity index (χ0v) is 14.4. The molecule has 4 rings (SSSR count). The maximum atomic E-state index is 14.1. The number of benzene rings is 1. The lowest BCUT2D eigenvalue weighted by Gasteiger charge is -2.11. The van der Waals surface area contributed by atoms with Gasteiger partial charge in [0, 0.05) is 18.0 Å². The highest BCUT2D eigenvalue weighted by molar-refractivity contribution is 7.90. The van der Waals surface area contributed by atoms with Crippen LogP contribution in [-0.4, -0.2) is 32.1 Å². The summed E-state index contributed by atoms with van der Waals surface area (Å²) in [6, 6.07) is 8.51. The standard InChI is InChI=1S/C17H11F2N5O2S/c18-12-3-5-15(19)14(8-12)16-2-1-7-24(16)27(25,26)13-4-6-17(21-9-13)23-11-20-10-22-23/h1-11H. The third-order valence-corrected chi connectivity index (χ3v) is 5.52. The van der Waals surface area contributed by atoms with Crippen LogP contribution in [0.4, 0.5) is 8.78 Å². The maximum Gasteiger partial charge on any atom is 0.269 e. The fourth-order valence-corrected chi connectivity index (χ4v) is 3.88. The summed E-state index contributed by atoms with van der Waals surface area (Å²) in [6.45, 7) is 0. The number of aromatic nitrogens is 5. The van der Waals surface area contributed by atoms with Crippen molar-refractivity contribution in [1.82, 2.24) is 23.7 Å². The summed E-state index contributed by atoms with van der Waals surface area (Å²) < 4.78 is 55.8. The van der Waals surface area contributed by atoms with Gasteiger partial charge in [0.15, 0.2) is 5.82 Å². The van der Waals surface area contributed by atoms with Crippen LogP contribution in [-0.2, 0) is 10.0 Å². The van der Waals surface area contributed by atoms with Gasteiger partial charge in [0.05, 0.1) is 5.69 Å². The molecule has 0 fully saturated rings. The van der Waals surface area contributed by atoms with E-state index in [2.05, 4.69) is 15.1 Å². The molecule has 0 spiro atoms. The summed E-state index contributed by atoms with van der Waals surface area (Å²) in [5.41, 5.74) is -0.150. The van der Waals surface area contributed by atoms with Crippen molar-refractivity contribution in [3.05, 3.63) is 79.1 Å². The molecule has 0 aliphatic carbocycles. The Morgan fingerprint density at radius 3 is 2.59 bits per heavy atom. The van der Waals surface area contributed by atoms with E-state index in [0.29, 0.717) is 5.82 Å². The second-order valence-electron chi connectivity index (χ2n) is 5.51. The zero-order valence-electron chi connectivity index (χ0n) is 13.6. The summed E-state index contributed by atoms with van der Waals surface area (Å²) >= 11 is 0. The minimum absolute atomic E-state index is 0.00681. The predicted octanol–water partition coefficient (Wildman–Crippen LogP) is 2.65. The van der Waals surface area contributed by atoms with E-state index in [1.165, 1.54) is 47.8 Å². The third-order valence-electron chi connectivity index (χ3n) is 3.85. The van der Waals surface area contributed by atoms with Gasteiger partial charge >= 0.3 is 0 Å². The first kappa shape index (κ1) is 17.0. The summed E-state index contributed by atoms with van der Waals surface area (Å²) in [7, 11) is -4.07. The van der Waals surface area contributed by atoms with Gasteiger partial charge in [-0.25, -0.2) is 35.8 Å². The van der Waals surface area contributed by atoms with Crippen LogP contribution in [0, 0.1) is 11.6 Å². The molecule has 0 aliphatic heterocycles. The highest BCUT2D eigenvalue weighted by Gasteiger charge is 2.22. The Labute approximate surface area is 152 Å². The molecular formula is C17H11F2N5O2S.